The maximum absolute atomic E-state index is 9.82. The average molecular weight is 288 g/mol. The first-order valence-corrected chi connectivity index (χ1v) is 6.24. The van der Waals surface area contributed by atoms with Gasteiger partial charge in [0.2, 0.25) is 0 Å². The minimum absolute atomic E-state index is 0.00107. The molecule has 1 aromatic heterocycles. The van der Waals surface area contributed by atoms with E-state index in [0.29, 0.717) is 5.69 Å². The number of hydrogen-bond donors (Lipinski definition) is 6. The standard InChI is InChI=1S/C12H20N2O6/c15-2-1-9(17)12(20)8-5-13-4-7(14-8)3-10(18)11(19)6-16/h4-5,9-12,15-20H,1-3,6H2. The van der Waals surface area contributed by atoms with Crippen molar-refractivity contribution in [1.82, 2.24) is 9.97 Å². The molecule has 8 heteroatoms. The molecule has 0 aromatic carbocycles. The van der Waals surface area contributed by atoms with Crippen molar-refractivity contribution in [2.24, 2.45) is 0 Å². The minimum Gasteiger partial charge on any atom is -0.396 e. The summed E-state index contributed by atoms with van der Waals surface area (Å²) in [6.45, 7) is -0.848. The van der Waals surface area contributed by atoms with Gasteiger partial charge in [-0.15, -0.1) is 0 Å². The first-order valence-electron chi connectivity index (χ1n) is 6.24. The van der Waals surface area contributed by atoms with E-state index >= 15 is 0 Å². The molecule has 6 N–H and O–H groups in total. The molecule has 4 unspecified atom stereocenters. The van der Waals surface area contributed by atoms with E-state index in [-0.39, 0.29) is 25.1 Å². The van der Waals surface area contributed by atoms with Crippen LogP contribution < -0.4 is 0 Å². The highest BCUT2D eigenvalue weighted by molar-refractivity contribution is 5.08. The summed E-state index contributed by atoms with van der Waals surface area (Å²) in [5.41, 5.74) is 0.409. The second-order valence-electron chi connectivity index (χ2n) is 4.48. The van der Waals surface area contributed by atoms with E-state index in [0.717, 1.165) is 0 Å². The summed E-state index contributed by atoms with van der Waals surface area (Å²) in [4.78, 5) is 7.86. The maximum atomic E-state index is 9.82. The van der Waals surface area contributed by atoms with E-state index in [9.17, 15) is 20.4 Å². The third-order valence-corrected chi connectivity index (χ3v) is 2.84. The molecule has 0 bridgehead atoms. The summed E-state index contributed by atoms with van der Waals surface area (Å²) in [5, 5.41) is 55.6. The molecule has 0 aliphatic carbocycles. The largest absolute Gasteiger partial charge is 0.396 e. The molecule has 0 aliphatic rings. The molecule has 0 fully saturated rings. The summed E-state index contributed by atoms with van der Waals surface area (Å²) in [6.07, 6.45) is -2.39. The van der Waals surface area contributed by atoms with Crippen LogP contribution in [0.5, 0.6) is 0 Å². The Labute approximate surface area is 116 Å². The number of rotatable bonds is 8. The fraction of sp³-hybridized carbons (Fsp3) is 0.667. The van der Waals surface area contributed by atoms with Crippen LogP contribution in [0.4, 0.5) is 0 Å². The van der Waals surface area contributed by atoms with Crippen molar-refractivity contribution in [2.75, 3.05) is 13.2 Å². The third-order valence-electron chi connectivity index (χ3n) is 2.84. The second-order valence-corrected chi connectivity index (χ2v) is 4.48. The molecule has 20 heavy (non-hydrogen) atoms. The van der Waals surface area contributed by atoms with Crippen LogP contribution in [0.25, 0.3) is 0 Å². The normalized spacial score (nSPS) is 17.5. The van der Waals surface area contributed by atoms with Gasteiger partial charge < -0.3 is 30.6 Å². The lowest BCUT2D eigenvalue weighted by atomic mass is 10.1. The van der Waals surface area contributed by atoms with E-state index in [2.05, 4.69) is 9.97 Å². The smallest absolute Gasteiger partial charge is 0.123 e. The van der Waals surface area contributed by atoms with Crippen LogP contribution in [-0.2, 0) is 6.42 Å². The molecular formula is C12H20N2O6. The molecule has 0 saturated heterocycles. The van der Waals surface area contributed by atoms with Crippen LogP contribution in [-0.4, -0.2) is 72.1 Å². The second kappa shape index (κ2) is 8.20. The molecule has 1 rings (SSSR count). The van der Waals surface area contributed by atoms with Gasteiger partial charge in [-0.1, -0.05) is 0 Å². The zero-order valence-corrected chi connectivity index (χ0v) is 10.9. The first-order chi connectivity index (χ1) is 9.49. The van der Waals surface area contributed by atoms with Gasteiger partial charge in [0.1, 0.15) is 12.2 Å². The molecule has 0 saturated carbocycles. The molecule has 0 spiro atoms. The number of nitrogens with zero attached hydrogens (tertiary/aromatic N) is 2. The molecule has 114 valence electrons. The Morgan fingerprint density at radius 3 is 2.25 bits per heavy atom. The Kier molecular flexibility index (Phi) is 6.93. The van der Waals surface area contributed by atoms with Gasteiger partial charge in [0.15, 0.2) is 0 Å². The Bertz CT molecular complexity index is 405. The van der Waals surface area contributed by atoms with E-state index < -0.39 is 31.0 Å². The highest BCUT2D eigenvalue weighted by Crippen LogP contribution is 2.16. The number of aliphatic hydroxyl groups is 6. The zero-order chi connectivity index (χ0) is 15.1. The van der Waals surface area contributed by atoms with E-state index in [1.165, 1.54) is 12.4 Å². The van der Waals surface area contributed by atoms with Crippen LogP contribution in [0.3, 0.4) is 0 Å². The summed E-state index contributed by atoms with van der Waals surface area (Å²) in [6, 6.07) is 0. The molecule has 0 radical (unpaired) electrons. The van der Waals surface area contributed by atoms with Gasteiger partial charge in [0.05, 0.1) is 36.4 Å². The molecule has 0 amide bonds. The fourth-order valence-electron chi connectivity index (χ4n) is 1.62. The molecule has 8 nitrogen and oxygen atoms in total. The summed E-state index contributed by atoms with van der Waals surface area (Å²) in [7, 11) is 0. The van der Waals surface area contributed by atoms with Crippen LogP contribution in [0.15, 0.2) is 12.4 Å². The zero-order valence-electron chi connectivity index (χ0n) is 10.9. The lowest BCUT2D eigenvalue weighted by Gasteiger charge is -2.18. The molecular weight excluding hydrogens is 268 g/mol. The van der Waals surface area contributed by atoms with Crippen molar-refractivity contribution in [1.29, 1.82) is 0 Å². The Morgan fingerprint density at radius 2 is 1.65 bits per heavy atom. The topological polar surface area (TPSA) is 147 Å². The van der Waals surface area contributed by atoms with Crippen LogP contribution in [0.1, 0.15) is 23.9 Å². The molecule has 1 heterocycles. The average Bonchev–Trinajstić information content (AvgIpc) is 2.46. The van der Waals surface area contributed by atoms with Gasteiger partial charge in [-0.25, -0.2) is 0 Å². The highest BCUT2D eigenvalue weighted by atomic mass is 16.4. The minimum atomic E-state index is -1.30. The SMILES string of the molecule is OCCC(O)C(O)c1cncc(CC(O)C(O)CO)n1. The van der Waals surface area contributed by atoms with Gasteiger partial charge in [-0.05, 0) is 6.42 Å². The van der Waals surface area contributed by atoms with Crippen LogP contribution >= 0.6 is 0 Å². The quantitative estimate of drug-likeness (QED) is 0.308. The lowest BCUT2D eigenvalue weighted by Crippen LogP contribution is -2.31. The fourth-order valence-corrected chi connectivity index (χ4v) is 1.62. The van der Waals surface area contributed by atoms with Crippen molar-refractivity contribution in [3.05, 3.63) is 23.8 Å². The van der Waals surface area contributed by atoms with Crippen LogP contribution in [0.2, 0.25) is 0 Å². The summed E-state index contributed by atoms with van der Waals surface area (Å²) in [5.74, 6) is 0. The Morgan fingerprint density at radius 1 is 0.950 bits per heavy atom. The Hall–Kier alpha value is -1.16. The van der Waals surface area contributed by atoms with Crippen molar-refractivity contribution in [3.63, 3.8) is 0 Å². The number of aliphatic hydroxyl groups excluding tert-OH is 6. The first kappa shape index (κ1) is 16.9. The van der Waals surface area contributed by atoms with Crippen molar-refractivity contribution >= 4 is 0 Å². The predicted molar refractivity (Wildman–Crippen MR) is 67.5 cm³/mol. The summed E-state index contributed by atoms with van der Waals surface area (Å²) >= 11 is 0. The number of hydrogen-bond acceptors (Lipinski definition) is 8. The van der Waals surface area contributed by atoms with E-state index in [1.807, 2.05) is 0 Å². The molecule has 4 atom stereocenters. The van der Waals surface area contributed by atoms with Crippen molar-refractivity contribution in [3.8, 4) is 0 Å². The lowest BCUT2D eigenvalue weighted by molar-refractivity contribution is -0.0141. The van der Waals surface area contributed by atoms with Gasteiger partial charge >= 0.3 is 0 Å². The third kappa shape index (κ3) is 4.75. The maximum Gasteiger partial charge on any atom is 0.123 e. The van der Waals surface area contributed by atoms with Gasteiger partial charge in [-0.2, -0.15) is 0 Å². The van der Waals surface area contributed by atoms with Crippen molar-refractivity contribution in [2.45, 2.75) is 37.3 Å². The van der Waals surface area contributed by atoms with Gasteiger partial charge in [0, 0.05) is 19.2 Å². The van der Waals surface area contributed by atoms with Crippen LogP contribution in [0, 0.1) is 0 Å². The van der Waals surface area contributed by atoms with Gasteiger partial charge in [0.25, 0.3) is 0 Å². The summed E-state index contributed by atoms with van der Waals surface area (Å²) < 4.78 is 0. The monoisotopic (exact) mass is 288 g/mol. The predicted octanol–water partition coefficient (Wildman–Crippen LogP) is -2.49. The molecule has 1 aromatic rings. The number of aromatic nitrogens is 2. The van der Waals surface area contributed by atoms with E-state index in [1.54, 1.807) is 0 Å². The highest BCUT2D eigenvalue weighted by Gasteiger charge is 2.21. The van der Waals surface area contributed by atoms with Crippen molar-refractivity contribution < 1.29 is 30.6 Å². The van der Waals surface area contributed by atoms with E-state index in [4.69, 9.17) is 10.2 Å². The Balaban J connectivity index is 2.75. The van der Waals surface area contributed by atoms with Gasteiger partial charge in [-0.3, -0.25) is 9.97 Å². The molecule has 0 aliphatic heterocycles.